The average Bonchev–Trinajstić information content (AvgIpc) is 3.25. The summed E-state index contributed by atoms with van der Waals surface area (Å²) in [5.41, 5.74) is 1.07. The molecule has 1 amide bonds. The van der Waals surface area contributed by atoms with Gasteiger partial charge in [-0.1, -0.05) is 0 Å². The monoisotopic (exact) mass is 485 g/mol. The number of ether oxygens (including phenoxy) is 1. The second-order valence-corrected chi connectivity index (χ2v) is 9.29. The number of pyridine rings is 1. The number of esters is 1. The number of halogens is 2. The molecule has 0 aromatic carbocycles. The third kappa shape index (κ3) is 5.58. The Bertz CT molecular complexity index is 1240. The van der Waals surface area contributed by atoms with Crippen LogP contribution in [0.15, 0.2) is 43.0 Å². The summed E-state index contributed by atoms with van der Waals surface area (Å²) < 4.78 is 34.0. The topological polar surface area (TPSA) is 115 Å². The van der Waals surface area contributed by atoms with Gasteiger partial charge in [0.1, 0.15) is 11.7 Å². The van der Waals surface area contributed by atoms with E-state index in [0.717, 1.165) is 4.90 Å². The number of alkyl halides is 2. The van der Waals surface area contributed by atoms with E-state index >= 15 is 0 Å². The van der Waals surface area contributed by atoms with Crippen molar-refractivity contribution in [2.75, 3.05) is 16.9 Å². The summed E-state index contributed by atoms with van der Waals surface area (Å²) in [6.07, 6.45) is 5.90. The van der Waals surface area contributed by atoms with Crippen molar-refractivity contribution in [3.63, 3.8) is 0 Å². The molecule has 35 heavy (non-hydrogen) atoms. The Morgan fingerprint density at radius 1 is 1.23 bits per heavy atom. The van der Waals surface area contributed by atoms with Crippen LogP contribution in [-0.4, -0.2) is 49.3 Å². The zero-order valence-electron chi connectivity index (χ0n) is 19.7. The van der Waals surface area contributed by atoms with Crippen LogP contribution in [0.2, 0.25) is 0 Å². The standard InChI is InChI=1S/C23H25F2N7O3/c1-22(2,3)20(34)35-13-32(19(33)16-9-23(16,24)25)18-6-5-14(10-27-18)17-7-8-26-21(30-17)29-15-11-28-31(4)12-15/h5-8,10-12,16H,9,13H2,1-4H3,(H,26,29,30). The smallest absolute Gasteiger partial charge is 0.312 e. The van der Waals surface area contributed by atoms with Gasteiger partial charge in [-0.05, 0) is 39.0 Å². The van der Waals surface area contributed by atoms with Crippen molar-refractivity contribution in [1.29, 1.82) is 0 Å². The third-order valence-corrected chi connectivity index (χ3v) is 5.26. The van der Waals surface area contributed by atoms with Crippen LogP contribution in [0.25, 0.3) is 11.3 Å². The van der Waals surface area contributed by atoms with E-state index in [1.807, 2.05) is 0 Å². The van der Waals surface area contributed by atoms with Gasteiger partial charge in [0.15, 0.2) is 6.73 Å². The van der Waals surface area contributed by atoms with Crippen LogP contribution in [0, 0.1) is 11.3 Å². The molecule has 1 fully saturated rings. The van der Waals surface area contributed by atoms with Crippen LogP contribution in [-0.2, 0) is 21.4 Å². The quantitative estimate of drug-likeness (QED) is 0.399. The lowest BCUT2D eigenvalue weighted by atomic mass is 9.98. The molecule has 3 aromatic heterocycles. The summed E-state index contributed by atoms with van der Waals surface area (Å²) in [5.74, 6) is -5.50. The van der Waals surface area contributed by atoms with Gasteiger partial charge in [-0.2, -0.15) is 5.10 Å². The molecule has 0 radical (unpaired) electrons. The van der Waals surface area contributed by atoms with E-state index in [1.54, 1.807) is 63.2 Å². The van der Waals surface area contributed by atoms with E-state index < -0.39 is 42.3 Å². The molecule has 1 atom stereocenters. The number of hydrogen-bond acceptors (Lipinski definition) is 8. The Kier molecular flexibility index (Phi) is 6.22. The predicted molar refractivity (Wildman–Crippen MR) is 123 cm³/mol. The Hall–Kier alpha value is -3.96. The van der Waals surface area contributed by atoms with Crippen molar-refractivity contribution in [2.45, 2.75) is 33.1 Å². The highest BCUT2D eigenvalue weighted by Gasteiger charge is 2.62. The molecule has 0 aliphatic heterocycles. The molecule has 3 heterocycles. The Balaban J connectivity index is 1.53. The first-order valence-electron chi connectivity index (χ1n) is 10.9. The normalized spacial score (nSPS) is 16.5. The number of carbonyl (C=O) groups excluding carboxylic acids is 2. The molecule has 3 aromatic rings. The van der Waals surface area contributed by atoms with E-state index in [0.29, 0.717) is 22.9 Å². The molecule has 1 aliphatic carbocycles. The number of anilines is 3. The zero-order valence-corrected chi connectivity index (χ0v) is 19.7. The minimum atomic E-state index is -3.07. The molecule has 0 saturated heterocycles. The summed E-state index contributed by atoms with van der Waals surface area (Å²) in [6, 6.07) is 4.83. The van der Waals surface area contributed by atoms with E-state index in [1.165, 1.54) is 12.3 Å². The SMILES string of the molecule is Cn1cc(Nc2nccc(-c3ccc(N(COC(=O)C(C)(C)C)C(=O)C4CC4(F)F)nc3)n2)cn1. The summed E-state index contributed by atoms with van der Waals surface area (Å²) in [4.78, 5) is 38.8. The Labute approximate surface area is 200 Å². The molecule has 1 aliphatic rings. The number of carbonyl (C=O) groups is 2. The van der Waals surface area contributed by atoms with Crippen molar-refractivity contribution < 1.29 is 23.1 Å². The van der Waals surface area contributed by atoms with E-state index in [9.17, 15) is 18.4 Å². The first-order chi connectivity index (χ1) is 16.4. The van der Waals surface area contributed by atoms with Gasteiger partial charge in [0, 0.05) is 37.6 Å². The maximum Gasteiger partial charge on any atom is 0.312 e. The fraction of sp³-hybridized carbons (Fsp3) is 0.391. The van der Waals surface area contributed by atoms with Crippen molar-refractivity contribution in [2.24, 2.45) is 18.4 Å². The number of hydrogen-bond donors (Lipinski definition) is 1. The van der Waals surface area contributed by atoms with Gasteiger partial charge in [-0.25, -0.2) is 23.7 Å². The molecular weight excluding hydrogens is 460 g/mol. The van der Waals surface area contributed by atoms with Crippen LogP contribution in [0.5, 0.6) is 0 Å². The zero-order chi connectivity index (χ0) is 25.4. The average molecular weight is 485 g/mol. The van der Waals surface area contributed by atoms with Crippen LogP contribution >= 0.6 is 0 Å². The van der Waals surface area contributed by atoms with Crippen LogP contribution < -0.4 is 10.2 Å². The van der Waals surface area contributed by atoms with E-state index in [-0.39, 0.29) is 5.82 Å². The van der Waals surface area contributed by atoms with Crippen molar-refractivity contribution in [3.05, 3.63) is 43.0 Å². The fourth-order valence-corrected chi connectivity index (χ4v) is 3.14. The first kappa shape index (κ1) is 24.2. The van der Waals surface area contributed by atoms with Gasteiger partial charge in [0.25, 0.3) is 5.92 Å². The lowest BCUT2D eigenvalue weighted by Crippen LogP contribution is -2.38. The minimum Gasteiger partial charge on any atom is -0.443 e. The number of nitrogens with zero attached hydrogens (tertiary/aromatic N) is 6. The van der Waals surface area contributed by atoms with Crippen LogP contribution in [0.3, 0.4) is 0 Å². The molecule has 184 valence electrons. The predicted octanol–water partition coefficient (Wildman–Crippen LogP) is 3.55. The van der Waals surface area contributed by atoms with Crippen molar-refractivity contribution in [1.82, 2.24) is 24.7 Å². The lowest BCUT2D eigenvalue weighted by molar-refractivity contribution is -0.153. The Morgan fingerprint density at radius 3 is 2.54 bits per heavy atom. The van der Waals surface area contributed by atoms with Gasteiger partial charge in [0.05, 0.1) is 23.0 Å². The van der Waals surface area contributed by atoms with Gasteiger partial charge >= 0.3 is 5.97 Å². The molecule has 1 N–H and O–H groups in total. The molecule has 0 bridgehead atoms. The third-order valence-electron chi connectivity index (χ3n) is 5.26. The highest BCUT2D eigenvalue weighted by Crippen LogP contribution is 2.49. The number of aromatic nitrogens is 5. The summed E-state index contributed by atoms with van der Waals surface area (Å²) in [6.45, 7) is 4.45. The van der Waals surface area contributed by atoms with E-state index in [4.69, 9.17) is 4.74 Å². The van der Waals surface area contributed by atoms with Crippen molar-refractivity contribution in [3.8, 4) is 11.3 Å². The van der Waals surface area contributed by atoms with Crippen LogP contribution in [0.1, 0.15) is 27.2 Å². The van der Waals surface area contributed by atoms with Crippen LogP contribution in [0.4, 0.5) is 26.2 Å². The van der Waals surface area contributed by atoms with Gasteiger partial charge < -0.3 is 10.1 Å². The number of nitrogens with one attached hydrogen (secondary N) is 1. The van der Waals surface area contributed by atoms with Crippen molar-refractivity contribution >= 4 is 29.3 Å². The molecule has 10 nitrogen and oxygen atoms in total. The lowest BCUT2D eigenvalue weighted by Gasteiger charge is -2.24. The molecule has 0 spiro atoms. The highest BCUT2D eigenvalue weighted by atomic mass is 19.3. The number of rotatable bonds is 7. The second kappa shape index (κ2) is 9.01. The molecule has 1 saturated carbocycles. The van der Waals surface area contributed by atoms with Gasteiger partial charge in [0.2, 0.25) is 11.9 Å². The molecular formula is C23H25F2N7O3. The number of aryl methyl sites for hydroxylation is 1. The highest BCUT2D eigenvalue weighted by molar-refractivity contribution is 5.97. The van der Waals surface area contributed by atoms with E-state index in [2.05, 4.69) is 25.4 Å². The first-order valence-corrected chi connectivity index (χ1v) is 10.9. The Morgan fingerprint density at radius 2 is 1.97 bits per heavy atom. The fourth-order valence-electron chi connectivity index (χ4n) is 3.14. The molecule has 4 rings (SSSR count). The second-order valence-electron chi connectivity index (χ2n) is 9.29. The maximum atomic E-state index is 13.6. The molecule has 12 heteroatoms. The minimum absolute atomic E-state index is 0.0888. The largest absolute Gasteiger partial charge is 0.443 e. The summed E-state index contributed by atoms with van der Waals surface area (Å²) >= 11 is 0. The maximum absolute atomic E-state index is 13.6. The summed E-state index contributed by atoms with van der Waals surface area (Å²) in [7, 11) is 1.79. The molecule has 1 unspecified atom stereocenters. The summed E-state index contributed by atoms with van der Waals surface area (Å²) in [5, 5.41) is 7.12. The van der Waals surface area contributed by atoms with Gasteiger partial charge in [-0.3, -0.25) is 19.2 Å². The van der Waals surface area contributed by atoms with Gasteiger partial charge in [-0.15, -0.1) is 0 Å². The number of amides is 1.